The fourth-order valence-corrected chi connectivity index (χ4v) is 7.14. The van der Waals surface area contributed by atoms with Crippen LogP contribution in [0.4, 0.5) is 5.69 Å². The number of carbonyl (C=O) groups is 3. The molecule has 1 aromatic rings. The first-order chi connectivity index (χ1) is 18.5. The molecule has 1 aliphatic carbocycles. The van der Waals surface area contributed by atoms with E-state index in [0.717, 1.165) is 62.6 Å². The first-order valence-electron chi connectivity index (χ1n) is 14.9. The molecule has 1 atom stereocenters. The molecule has 0 radical (unpaired) electrons. The van der Waals surface area contributed by atoms with E-state index in [-0.39, 0.29) is 18.2 Å². The van der Waals surface area contributed by atoms with Gasteiger partial charge in [0.05, 0.1) is 6.42 Å². The highest BCUT2D eigenvalue weighted by atomic mass is 16.4. The summed E-state index contributed by atoms with van der Waals surface area (Å²) in [5, 5.41) is 16.1. The first-order valence-corrected chi connectivity index (χ1v) is 14.9. The second-order valence-electron chi connectivity index (χ2n) is 11.9. The predicted octanol–water partition coefficient (Wildman–Crippen LogP) is 4.11. The lowest BCUT2D eigenvalue weighted by Crippen LogP contribution is -2.42. The number of amides is 2. The molecule has 3 aliphatic heterocycles. The van der Waals surface area contributed by atoms with Crippen molar-refractivity contribution in [1.82, 2.24) is 15.1 Å². The number of fused-ring (bicyclic) bond motifs is 1. The summed E-state index contributed by atoms with van der Waals surface area (Å²) in [7, 11) is 0. The summed E-state index contributed by atoms with van der Waals surface area (Å²) >= 11 is 0. The van der Waals surface area contributed by atoms with Crippen LogP contribution in [-0.4, -0.2) is 71.5 Å². The van der Waals surface area contributed by atoms with E-state index >= 15 is 0 Å². The summed E-state index contributed by atoms with van der Waals surface area (Å²) in [5.41, 5.74) is 2.30. The van der Waals surface area contributed by atoms with Crippen molar-refractivity contribution in [2.75, 3.05) is 38.0 Å². The van der Waals surface area contributed by atoms with Crippen LogP contribution in [0.1, 0.15) is 86.6 Å². The normalized spacial score (nSPS) is 24.0. The van der Waals surface area contributed by atoms with E-state index in [9.17, 15) is 19.5 Å². The number of carbonyl (C=O) groups excluding carboxylic acids is 2. The van der Waals surface area contributed by atoms with Gasteiger partial charge in [0.2, 0.25) is 5.91 Å². The van der Waals surface area contributed by atoms with Gasteiger partial charge in [0, 0.05) is 37.4 Å². The van der Waals surface area contributed by atoms with Crippen LogP contribution in [0.15, 0.2) is 18.2 Å². The number of aliphatic carboxylic acids is 1. The molecule has 4 aliphatic rings. The van der Waals surface area contributed by atoms with E-state index < -0.39 is 12.0 Å². The quantitative estimate of drug-likeness (QED) is 0.496. The van der Waals surface area contributed by atoms with Crippen LogP contribution in [0, 0.1) is 17.8 Å². The van der Waals surface area contributed by atoms with Crippen LogP contribution in [0.5, 0.6) is 0 Å². The second kappa shape index (κ2) is 12.5. The van der Waals surface area contributed by atoms with Crippen LogP contribution in [0.25, 0.3) is 0 Å². The van der Waals surface area contributed by atoms with Gasteiger partial charge in [0.25, 0.3) is 5.91 Å². The van der Waals surface area contributed by atoms with Crippen LogP contribution in [-0.2, 0) is 16.1 Å². The highest BCUT2D eigenvalue weighted by Crippen LogP contribution is 2.33. The van der Waals surface area contributed by atoms with Crippen LogP contribution in [0.3, 0.4) is 0 Å². The maximum Gasteiger partial charge on any atom is 0.305 e. The fourth-order valence-electron chi connectivity index (χ4n) is 7.14. The van der Waals surface area contributed by atoms with Crippen LogP contribution < -0.4 is 10.6 Å². The number of anilines is 1. The van der Waals surface area contributed by atoms with Crippen molar-refractivity contribution in [3.05, 3.63) is 29.3 Å². The molecule has 3 N–H and O–H groups in total. The Balaban J connectivity index is 1.27. The molecule has 1 aromatic carbocycles. The zero-order chi connectivity index (χ0) is 26.5. The highest BCUT2D eigenvalue weighted by Gasteiger charge is 2.33. The predicted molar refractivity (Wildman–Crippen MR) is 147 cm³/mol. The SMILES string of the molecule is O=C(O)C[C@H]1Nc2ccc(C(=O)N3CCC(C4CCNCC4)CC3)cc2CN(CCC2CCCCC2)C1=O. The molecule has 8 heteroatoms. The molecule has 0 aromatic heterocycles. The maximum absolute atomic E-state index is 13.5. The van der Waals surface area contributed by atoms with Crippen molar-refractivity contribution >= 4 is 23.5 Å². The molecule has 0 unspecified atom stereocenters. The third-order valence-electron chi connectivity index (χ3n) is 9.44. The van der Waals surface area contributed by atoms with E-state index in [1.54, 1.807) is 0 Å². The molecular weight excluding hydrogens is 480 g/mol. The molecule has 2 amide bonds. The second-order valence-corrected chi connectivity index (χ2v) is 11.9. The summed E-state index contributed by atoms with van der Waals surface area (Å²) in [5.74, 6) is 1.03. The molecule has 3 fully saturated rings. The fraction of sp³-hybridized carbons (Fsp3) is 0.700. The number of piperidine rings is 2. The minimum atomic E-state index is -0.994. The number of carboxylic acid groups (broad SMARTS) is 1. The lowest BCUT2D eigenvalue weighted by atomic mass is 9.79. The molecule has 3 heterocycles. The van der Waals surface area contributed by atoms with Gasteiger partial charge in [-0.1, -0.05) is 32.1 Å². The topological polar surface area (TPSA) is 102 Å². The minimum Gasteiger partial charge on any atom is -0.481 e. The van der Waals surface area contributed by atoms with E-state index in [4.69, 9.17) is 0 Å². The minimum absolute atomic E-state index is 0.0583. The Morgan fingerprint density at radius 1 is 0.947 bits per heavy atom. The molecule has 38 heavy (non-hydrogen) atoms. The Labute approximate surface area is 226 Å². The van der Waals surface area contributed by atoms with Crippen molar-refractivity contribution in [1.29, 1.82) is 0 Å². The summed E-state index contributed by atoms with van der Waals surface area (Å²) in [6, 6.07) is 4.81. The Morgan fingerprint density at radius 2 is 1.66 bits per heavy atom. The average Bonchev–Trinajstić information content (AvgIpc) is 3.08. The largest absolute Gasteiger partial charge is 0.481 e. The molecule has 0 spiro atoms. The van der Waals surface area contributed by atoms with Gasteiger partial charge >= 0.3 is 5.97 Å². The number of likely N-dealkylation sites (tertiary alicyclic amines) is 1. The third kappa shape index (κ3) is 6.50. The van der Waals surface area contributed by atoms with Gasteiger partial charge in [-0.3, -0.25) is 14.4 Å². The van der Waals surface area contributed by atoms with E-state index in [1.165, 1.54) is 44.9 Å². The number of hydrogen-bond acceptors (Lipinski definition) is 5. The summed E-state index contributed by atoms with van der Waals surface area (Å²) in [4.78, 5) is 42.2. The Kier molecular flexibility index (Phi) is 8.87. The van der Waals surface area contributed by atoms with Gasteiger partial charge in [-0.25, -0.2) is 0 Å². The first kappa shape index (κ1) is 27.0. The van der Waals surface area contributed by atoms with Gasteiger partial charge in [-0.15, -0.1) is 0 Å². The summed E-state index contributed by atoms with van der Waals surface area (Å²) < 4.78 is 0. The van der Waals surface area contributed by atoms with E-state index in [2.05, 4.69) is 10.6 Å². The van der Waals surface area contributed by atoms with Crippen molar-refractivity contribution in [2.45, 2.75) is 83.2 Å². The highest BCUT2D eigenvalue weighted by molar-refractivity contribution is 5.96. The van der Waals surface area contributed by atoms with E-state index in [0.29, 0.717) is 30.5 Å². The van der Waals surface area contributed by atoms with Crippen LogP contribution >= 0.6 is 0 Å². The molecule has 2 saturated heterocycles. The number of carboxylic acids is 1. The van der Waals surface area contributed by atoms with Crippen molar-refractivity contribution in [3.63, 3.8) is 0 Å². The van der Waals surface area contributed by atoms with Crippen molar-refractivity contribution in [2.24, 2.45) is 17.8 Å². The standard InChI is InChI=1S/C30H44N4O4/c35-28(36)19-27-30(38)34(15-10-21-4-2-1-3-5-21)20-25-18-24(6-7-26(25)32-27)29(37)33-16-11-23(12-17-33)22-8-13-31-14-9-22/h6-7,18,21-23,27,31-32H,1-5,8-17,19-20H2,(H,35,36)/t27-/m1/s1. The maximum atomic E-state index is 13.5. The monoisotopic (exact) mass is 524 g/mol. The number of rotatable bonds is 7. The molecule has 5 rings (SSSR count). The van der Waals surface area contributed by atoms with Gasteiger partial charge in [-0.2, -0.15) is 0 Å². The van der Waals surface area contributed by atoms with Crippen molar-refractivity contribution in [3.8, 4) is 0 Å². The Morgan fingerprint density at radius 3 is 2.37 bits per heavy atom. The van der Waals surface area contributed by atoms with Gasteiger partial charge < -0.3 is 25.5 Å². The van der Waals surface area contributed by atoms with Gasteiger partial charge in [-0.05, 0) is 86.7 Å². The lowest BCUT2D eigenvalue weighted by molar-refractivity contribution is -0.141. The third-order valence-corrected chi connectivity index (χ3v) is 9.44. The molecule has 208 valence electrons. The van der Waals surface area contributed by atoms with Gasteiger partial charge in [0.15, 0.2) is 0 Å². The van der Waals surface area contributed by atoms with E-state index in [1.807, 2.05) is 28.0 Å². The van der Waals surface area contributed by atoms with Crippen LogP contribution in [0.2, 0.25) is 0 Å². The molecular formula is C30H44N4O4. The zero-order valence-corrected chi connectivity index (χ0v) is 22.6. The zero-order valence-electron chi connectivity index (χ0n) is 22.6. The Hall–Kier alpha value is -2.61. The number of benzene rings is 1. The molecule has 1 saturated carbocycles. The number of hydrogen-bond donors (Lipinski definition) is 3. The number of nitrogens with one attached hydrogen (secondary N) is 2. The Bertz CT molecular complexity index is 994. The molecule has 8 nitrogen and oxygen atoms in total. The lowest BCUT2D eigenvalue weighted by Gasteiger charge is -2.38. The summed E-state index contributed by atoms with van der Waals surface area (Å²) in [6.07, 6.45) is 11.6. The molecule has 0 bridgehead atoms. The average molecular weight is 525 g/mol. The smallest absolute Gasteiger partial charge is 0.305 e. The van der Waals surface area contributed by atoms with Crippen molar-refractivity contribution < 1.29 is 19.5 Å². The van der Waals surface area contributed by atoms with Gasteiger partial charge in [0.1, 0.15) is 6.04 Å². The number of nitrogens with zero attached hydrogens (tertiary/aromatic N) is 2. The summed E-state index contributed by atoms with van der Waals surface area (Å²) in [6.45, 7) is 4.86.